The highest BCUT2D eigenvalue weighted by atomic mass is 35.5. The molecule has 2 aliphatic carbocycles. The molecule has 1 aromatic rings. The van der Waals surface area contributed by atoms with Crippen molar-refractivity contribution in [3.8, 4) is 0 Å². The zero-order valence-electron chi connectivity index (χ0n) is 13.1. The van der Waals surface area contributed by atoms with E-state index in [1.165, 1.54) is 36.8 Å². The van der Waals surface area contributed by atoms with Gasteiger partial charge in [-0.25, -0.2) is 0 Å². The first kappa shape index (κ1) is 15.3. The van der Waals surface area contributed by atoms with Crippen LogP contribution in [-0.2, 0) is 11.2 Å². The van der Waals surface area contributed by atoms with Crippen LogP contribution in [0.4, 0.5) is 0 Å². The Morgan fingerprint density at radius 2 is 2.05 bits per heavy atom. The molecule has 0 amide bonds. The first-order valence-corrected chi connectivity index (χ1v) is 8.57. The molecule has 0 heterocycles. The minimum absolute atomic E-state index is 0.236. The van der Waals surface area contributed by atoms with Gasteiger partial charge in [-0.1, -0.05) is 44.4 Å². The summed E-state index contributed by atoms with van der Waals surface area (Å²) in [5.74, 6) is 0. The number of rotatable bonds is 5. The van der Waals surface area contributed by atoms with Crippen molar-refractivity contribution in [3.05, 3.63) is 34.3 Å². The smallest absolute Gasteiger partial charge is 0.0594 e. The Balaban J connectivity index is 1.57. The van der Waals surface area contributed by atoms with Crippen LogP contribution in [0.3, 0.4) is 0 Å². The minimum atomic E-state index is 0.236. The van der Waals surface area contributed by atoms with Crippen LogP contribution < -0.4 is 5.32 Å². The van der Waals surface area contributed by atoms with Gasteiger partial charge < -0.3 is 10.1 Å². The summed E-state index contributed by atoms with van der Waals surface area (Å²) in [6.07, 6.45) is 6.77. The zero-order chi connectivity index (χ0) is 14.9. The molecule has 0 aliphatic heterocycles. The Hall–Kier alpha value is -0.570. The van der Waals surface area contributed by atoms with Gasteiger partial charge in [-0.2, -0.15) is 0 Å². The molecule has 1 aromatic carbocycles. The summed E-state index contributed by atoms with van der Waals surface area (Å²) in [4.78, 5) is 0. The third-order valence-corrected chi connectivity index (χ3v) is 5.19. The number of ether oxygens (including phenoxy) is 1. The fraction of sp³-hybridized carbons (Fsp3) is 0.667. The van der Waals surface area contributed by atoms with Crippen molar-refractivity contribution in [1.82, 2.24) is 5.32 Å². The van der Waals surface area contributed by atoms with Gasteiger partial charge in [-0.15, -0.1) is 0 Å². The molecule has 21 heavy (non-hydrogen) atoms. The SMILES string of the molecule is CC1(C)Cc2ccc(Cl)cc2C1NCCOC1CCCC1. The molecule has 0 saturated heterocycles. The van der Waals surface area contributed by atoms with E-state index in [-0.39, 0.29) is 5.41 Å². The van der Waals surface area contributed by atoms with E-state index >= 15 is 0 Å². The zero-order valence-corrected chi connectivity index (χ0v) is 13.9. The first-order chi connectivity index (χ1) is 10.1. The molecule has 3 rings (SSSR count). The van der Waals surface area contributed by atoms with Gasteiger partial charge in [0.15, 0.2) is 0 Å². The van der Waals surface area contributed by atoms with Crippen LogP contribution in [0.1, 0.15) is 56.7 Å². The summed E-state index contributed by atoms with van der Waals surface area (Å²) in [5, 5.41) is 4.53. The van der Waals surface area contributed by atoms with Crippen LogP contribution >= 0.6 is 11.6 Å². The third-order valence-electron chi connectivity index (χ3n) is 4.95. The van der Waals surface area contributed by atoms with Crippen LogP contribution in [0.2, 0.25) is 5.02 Å². The quantitative estimate of drug-likeness (QED) is 0.808. The topological polar surface area (TPSA) is 21.3 Å². The number of benzene rings is 1. The van der Waals surface area contributed by atoms with Crippen LogP contribution in [0.15, 0.2) is 18.2 Å². The molecular formula is C18H26ClNO. The minimum Gasteiger partial charge on any atom is -0.377 e. The highest BCUT2D eigenvalue weighted by Crippen LogP contribution is 2.45. The summed E-state index contributed by atoms with van der Waals surface area (Å²) in [7, 11) is 0. The molecule has 0 bridgehead atoms. The standard InChI is InChI=1S/C18H26ClNO/c1-18(2)12-13-7-8-14(19)11-16(13)17(18)20-9-10-21-15-5-3-4-6-15/h7-8,11,15,17,20H,3-6,9-10,12H2,1-2H3. The lowest BCUT2D eigenvalue weighted by Gasteiger charge is -2.29. The molecule has 1 N–H and O–H groups in total. The molecule has 0 radical (unpaired) electrons. The molecule has 1 atom stereocenters. The molecule has 3 heteroatoms. The Morgan fingerprint density at radius 3 is 2.81 bits per heavy atom. The van der Waals surface area contributed by atoms with Crippen molar-refractivity contribution in [3.63, 3.8) is 0 Å². The van der Waals surface area contributed by atoms with Gasteiger partial charge in [-0.05, 0) is 47.9 Å². The molecule has 1 fully saturated rings. The molecular weight excluding hydrogens is 282 g/mol. The molecule has 0 spiro atoms. The molecule has 2 nitrogen and oxygen atoms in total. The second-order valence-corrected chi connectivity index (χ2v) is 7.61. The van der Waals surface area contributed by atoms with Crippen LogP contribution in [0, 0.1) is 5.41 Å². The lowest BCUT2D eigenvalue weighted by atomic mass is 9.85. The Bertz CT molecular complexity index is 494. The van der Waals surface area contributed by atoms with Crippen molar-refractivity contribution >= 4 is 11.6 Å². The van der Waals surface area contributed by atoms with Crippen molar-refractivity contribution < 1.29 is 4.74 Å². The summed E-state index contributed by atoms with van der Waals surface area (Å²) in [5.41, 5.74) is 3.03. The van der Waals surface area contributed by atoms with Gasteiger partial charge in [0.2, 0.25) is 0 Å². The number of nitrogens with one attached hydrogen (secondary N) is 1. The van der Waals surface area contributed by atoms with E-state index in [9.17, 15) is 0 Å². The number of halogens is 1. The van der Waals surface area contributed by atoms with E-state index in [4.69, 9.17) is 16.3 Å². The summed E-state index contributed by atoms with van der Waals surface area (Å²) in [6.45, 7) is 6.39. The number of fused-ring (bicyclic) bond motifs is 1. The van der Waals surface area contributed by atoms with Crippen molar-refractivity contribution in [2.75, 3.05) is 13.2 Å². The van der Waals surface area contributed by atoms with Crippen molar-refractivity contribution in [2.45, 2.75) is 58.1 Å². The van der Waals surface area contributed by atoms with E-state index in [2.05, 4.69) is 31.3 Å². The maximum Gasteiger partial charge on any atom is 0.0594 e. The Kier molecular flexibility index (Phi) is 4.58. The van der Waals surface area contributed by atoms with Gasteiger partial charge in [0.05, 0.1) is 12.7 Å². The van der Waals surface area contributed by atoms with Crippen LogP contribution in [0.5, 0.6) is 0 Å². The molecule has 1 unspecified atom stereocenters. The van der Waals surface area contributed by atoms with Crippen LogP contribution in [0.25, 0.3) is 0 Å². The average Bonchev–Trinajstić information content (AvgIpc) is 3.01. The summed E-state index contributed by atoms with van der Waals surface area (Å²) >= 11 is 6.18. The van der Waals surface area contributed by atoms with Crippen molar-refractivity contribution in [2.24, 2.45) is 5.41 Å². The van der Waals surface area contributed by atoms with E-state index < -0.39 is 0 Å². The molecule has 1 saturated carbocycles. The first-order valence-electron chi connectivity index (χ1n) is 8.19. The van der Waals surface area contributed by atoms with Gasteiger partial charge in [0.1, 0.15) is 0 Å². The second-order valence-electron chi connectivity index (χ2n) is 7.17. The second kappa shape index (κ2) is 6.28. The largest absolute Gasteiger partial charge is 0.377 e. The third kappa shape index (κ3) is 3.44. The highest BCUT2D eigenvalue weighted by Gasteiger charge is 2.38. The molecule has 116 valence electrons. The number of hydrogen-bond donors (Lipinski definition) is 1. The Labute approximate surface area is 133 Å². The van der Waals surface area contributed by atoms with Gasteiger partial charge in [0, 0.05) is 17.6 Å². The molecule has 0 aromatic heterocycles. The monoisotopic (exact) mass is 307 g/mol. The normalized spacial score (nSPS) is 24.4. The summed E-state index contributed by atoms with van der Waals surface area (Å²) < 4.78 is 5.95. The van der Waals surface area contributed by atoms with Gasteiger partial charge in [0.25, 0.3) is 0 Å². The lowest BCUT2D eigenvalue weighted by molar-refractivity contribution is 0.0569. The van der Waals surface area contributed by atoms with Gasteiger partial charge >= 0.3 is 0 Å². The number of hydrogen-bond acceptors (Lipinski definition) is 2. The van der Waals surface area contributed by atoms with E-state index in [1.54, 1.807) is 0 Å². The predicted molar refractivity (Wildman–Crippen MR) is 87.9 cm³/mol. The fourth-order valence-electron chi connectivity index (χ4n) is 3.88. The van der Waals surface area contributed by atoms with Gasteiger partial charge in [-0.3, -0.25) is 0 Å². The lowest BCUT2D eigenvalue weighted by Crippen LogP contribution is -2.33. The maximum atomic E-state index is 6.18. The highest BCUT2D eigenvalue weighted by molar-refractivity contribution is 6.30. The van der Waals surface area contributed by atoms with E-state index in [1.807, 2.05) is 6.07 Å². The Morgan fingerprint density at radius 1 is 1.29 bits per heavy atom. The fourth-order valence-corrected chi connectivity index (χ4v) is 4.06. The van der Waals surface area contributed by atoms with E-state index in [0.717, 1.165) is 24.6 Å². The van der Waals surface area contributed by atoms with E-state index in [0.29, 0.717) is 12.1 Å². The molecule has 2 aliphatic rings. The van der Waals surface area contributed by atoms with Crippen LogP contribution in [-0.4, -0.2) is 19.3 Å². The summed E-state index contributed by atoms with van der Waals surface area (Å²) in [6, 6.07) is 6.68. The van der Waals surface area contributed by atoms with Crippen molar-refractivity contribution in [1.29, 1.82) is 0 Å². The predicted octanol–water partition coefficient (Wildman–Crippen LogP) is 4.51. The average molecular weight is 308 g/mol. The maximum absolute atomic E-state index is 6.18.